The summed E-state index contributed by atoms with van der Waals surface area (Å²) in [6.45, 7) is 4.14. The molecule has 2 saturated heterocycles. The van der Waals surface area contributed by atoms with Crippen LogP contribution in [0, 0.1) is 5.92 Å². The molecule has 0 aromatic carbocycles. The SMILES string of the molecule is CS(=O)(=O)N1CCN(CC2CC3CCCCC3N2)CC1. The molecule has 2 heterocycles. The number of rotatable bonds is 3. The lowest BCUT2D eigenvalue weighted by Gasteiger charge is -2.34. The molecule has 5 nitrogen and oxygen atoms in total. The fourth-order valence-electron chi connectivity index (χ4n) is 4.13. The third kappa shape index (κ3) is 3.35. The summed E-state index contributed by atoms with van der Waals surface area (Å²) in [5, 5.41) is 3.81. The Hall–Kier alpha value is -0.170. The van der Waals surface area contributed by atoms with Crippen molar-refractivity contribution in [3.8, 4) is 0 Å². The maximum atomic E-state index is 11.5. The van der Waals surface area contributed by atoms with Gasteiger partial charge in [-0.15, -0.1) is 0 Å². The van der Waals surface area contributed by atoms with Crippen molar-refractivity contribution in [3.63, 3.8) is 0 Å². The molecule has 3 fully saturated rings. The van der Waals surface area contributed by atoms with Gasteiger partial charge in [0, 0.05) is 44.8 Å². The Morgan fingerprint density at radius 3 is 2.45 bits per heavy atom. The highest BCUT2D eigenvalue weighted by Crippen LogP contribution is 2.33. The molecule has 116 valence electrons. The predicted octanol–water partition coefficient (Wildman–Crippen LogP) is 0.484. The van der Waals surface area contributed by atoms with Gasteiger partial charge >= 0.3 is 0 Å². The summed E-state index contributed by atoms with van der Waals surface area (Å²) >= 11 is 0. The van der Waals surface area contributed by atoms with Crippen LogP contribution < -0.4 is 5.32 Å². The maximum Gasteiger partial charge on any atom is 0.211 e. The molecule has 6 heteroatoms. The molecule has 1 N–H and O–H groups in total. The van der Waals surface area contributed by atoms with E-state index in [0.717, 1.165) is 31.6 Å². The number of fused-ring (bicyclic) bond motifs is 1. The van der Waals surface area contributed by atoms with E-state index < -0.39 is 10.0 Å². The molecule has 3 rings (SSSR count). The number of hydrogen-bond acceptors (Lipinski definition) is 4. The monoisotopic (exact) mass is 301 g/mol. The average molecular weight is 301 g/mol. The number of nitrogens with zero attached hydrogens (tertiary/aromatic N) is 2. The topological polar surface area (TPSA) is 52.7 Å². The van der Waals surface area contributed by atoms with E-state index in [0.29, 0.717) is 19.1 Å². The Balaban J connectivity index is 1.46. The first-order valence-corrected chi connectivity index (χ1v) is 9.81. The van der Waals surface area contributed by atoms with Crippen LogP contribution in [0.1, 0.15) is 32.1 Å². The Morgan fingerprint density at radius 1 is 1.10 bits per heavy atom. The van der Waals surface area contributed by atoms with Gasteiger partial charge in [-0.05, 0) is 25.2 Å². The van der Waals surface area contributed by atoms with Gasteiger partial charge in [0.15, 0.2) is 0 Å². The third-order valence-corrected chi connectivity index (χ3v) is 6.53. The second-order valence-electron chi connectivity index (χ2n) is 6.71. The number of nitrogens with one attached hydrogen (secondary N) is 1. The molecule has 0 aromatic heterocycles. The van der Waals surface area contributed by atoms with Gasteiger partial charge in [0.1, 0.15) is 0 Å². The summed E-state index contributed by atoms with van der Waals surface area (Å²) in [5.74, 6) is 0.894. The van der Waals surface area contributed by atoms with Crippen LogP contribution in [0.4, 0.5) is 0 Å². The first kappa shape index (κ1) is 14.8. The number of hydrogen-bond donors (Lipinski definition) is 1. The molecule has 20 heavy (non-hydrogen) atoms. The first-order chi connectivity index (χ1) is 9.52. The van der Waals surface area contributed by atoms with Crippen molar-refractivity contribution in [2.45, 2.75) is 44.2 Å². The molecular formula is C14H27N3O2S. The summed E-state index contributed by atoms with van der Waals surface area (Å²) in [6.07, 6.45) is 8.17. The lowest BCUT2D eigenvalue weighted by molar-refractivity contribution is 0.175. The van der Waals surface area contributed by atoms with Gasteiger partial charge < -0.3 is 5.32 Å². The van der Waals surface area contributed by atoms with Crippen LogP contribution in [-0.4, -0.2) is 68.7 Å². The zero-order valence-electron chi connectivity index (χ0n) is 12.4. The molecule has 1 saturated carbocycles. The maximum absolute atomic E-state index is 11.5. The van der Waals surface area contributed by atoms with Crippen LogP contribution in [0.3, 0.4) is 0 Å². The summed E-state index contributed by atoms with van der Waals surface area (Å²) in [5.41, 5.74) is 0. The summed E-state index contributed by atoms with van der Waals surface area (Å²) in [4.78, 5) is 2.43. The first-order valence-electron chi connectivity index (χ1n) is 7.96. The molecule has 3 aliphatic rings. The van der Waals surface area contributed by atoms with E-state index in [2.05, 4.69) is 10.2 Å². The minimum absolute atomic E-state index is 0.618. The summed E-state index contributed by atoms with van der Waals surface area (Å²) < 4.78 is 24.6. The largest absolute Gasteiger partial charge is 0.310 e. The van der Waals surface area contributed by atoms with E-state index in [1.54, 1.807) is 4.31 Å². The highest BCUT2D eigenvalue weighted by atomic mass is 32.2. The van der Waals surface area contributed by atoms with Gasteiger partial charge in [0.2, 0.25) is 10.0 Å². The van der Waals surface area contributed by atoms with Crippen LogP contribution in [0.25, 0.3) is 0 Å². The van der Waals surface area contributed by atoms with E-state index >= 15 is 0 Å². The molecule has 3 unspecified atom stereocenters. The average Bonchev–Trinajstić information content (AvgIpc) is 2.80. The van der Waals surface area contributed by atoms with Crippen LogP contribution >= 0.6 is 0 Å². The van der Waals surface area contributed by atoms with Crippen molar-refractivity contribution in [1.82, 2.24) is 14.5 Å². The zero-order valence-corrected chi connectivity index (χ0v) is 13.2. The van der Waals surface area contributed by atoms with E-state index in [4.69, 9.17) is 0 Å². The highest BCUT2D eigenvalue weighted by molar-refractivity contribution is 7.88. The van der Waals surface area contributed by atoms with Gasteiger partial charge in [-0.1, -0.05) is 12.8 Å². The quantitative estimate of drug-likeness (QED) is 0.824. The fourth-order valence-corrected chi connectivity index (χ4v) is 4.95. The van der Waals surface area contributed by atoms with E-state index in [1.165, 1.54) is 38.4 Å². The lowest BCUT2D eigenvalue weighted by Crippen LogP contribution is -2.51. The van der Waals surface area contributed by atoms with Gasteiger partial charge in [0.05, 0.1) is 6.26 Å². The van der Waals surface area contributed by atoms with E-state index in [1.807, 2.05) is 0 Å². The minimum Gasteiger partial charge on any atom is -0.310 e. The van der Waals surface area contributed by atoms with Gasteiger partial charge in [0.25, 0.3) is 0 Å². The Bertz CT molecular complexity index is 418. The van der Waals surface area contributed by atoms with Crippen molar-refractivity contribution in [2.75, 3.05) is 39.0 Å². The lowest BCUT2D eigenvalue weighted by atomic mass is 9.85. The minimum atomic E-state index is -3.00. The van der Waals surface area contributed by atoms with Crippen molar-refractivity contribution in [2.24, 2.45) is 5.92 Å². The molecule has 0 aromatic rings. The van der Waals surface area contributed by atoms with Crippen LogP contribution in [0.2, 0.25) is 0 Å². The zero-order chi connectivity index (χ0) is 14.2. The number of piperazine rings is 1. The van der Waals surface area contributed by atoms with Gasteiger partial charge in [-0.3, -0.25) is 4.90 Å². The van der Waals surface area contributed by atoms with Gasteiger partial charge in [-0.2, -0.15) is 4.31 Å². The number of sulfonamides is 1. The van der Waals surface area contributed by atoms with Gasteiger partial charge in [-0.25, -0.2) is 8.42 Å². The summed E-state index contributed by atoms with van der Waals surface area (Å²) in [7, 11) is -3.00. The second-order valence-corrected chi connectivity index (χ2v) is 8.70. The molecule has 0 spiro atoms. The molecule has 2 aliphatic heterocycles. The van der Waals surface area contributed by atoms with Crippen molar-refractivity contribution >= 4 is 10.0 Å². The van der Waals surface area contributed by atoms with Crippen molar-refractivity contribution < 1.29 is 8.42 Å². The normalized spacial score (nSPS) is 37.0. The van der Waals surface area contributed by atoms with E-state index in [9.17, 15) is 8.42 Å². The Morgan fingerprint density at radius 2 is 1.80 bits per heavy atom. The van der Waals surface area contributed by atoms with Crippen LogP contribution in [-0.2, 0) is 10.0 Å². The molecule has 0 radical (unpaired) electrons. The van der Waals surface area contributed by atoms with Crippen LogP contribution in [0.15, 0.2) is 0 Å². The molecular weight excluding hydrogens is 274 g/mol. The van der Waals surface area contributed by atoms with Crippen molar-refractivity contribution in [1.29, 1.82) is 0 Å². The molecule has 3 atom stereocenters. The molecule has 0 amide bonds. The predicted molar refractivity (Wildman–Crippen MR) is 80.1 cm³/mol. The Kier molecular flexibility index (Phi) is 4.36. The smallest absolute Gasteiger partial charge is 0.211 e. The van der Waals surface area contributed by atoms with Crippen molar-refractivity contribution in [3.05, 3.63) is 0 Å². The summed E-state index contributed by atoms with van der Waals surface area (Å²) in [6, 6.07) is 1.37. The third-order valence-electron chi connectivity index (χ3n) is 5.22. The Labute approximate surface area is 122 Å². The fraction of sp³-hybridized carbons (Fsp3) is 1.00. The second kappa shape index (κ2) is 5.91. The molecule has 0 bridgehead atoms. The highest BCUT2D eigenvalue weighted by Gasteiger charge is 2.36. The standard InChI is InChI=1S/C14H27N3O2S/c1-20(18,19)17-8-6-16(7-9-17)11-13-10-12-4-2-3-5-14(12)15-13/h12-15H,2-11H2,1H3. The molecule has 1 aliphatic carbocycles. The van der Waals surface area contributed by atoms with Crippen LogP contribution in [0.5, 0.6) is 0 Å². The van der Waals surface area contributed by atoms with E-state index in [-0.39, 0.29) is 0 Å².